The van der Waals surface area contributed by atoms with Gasteiger partial charge in [-0.05, 0) is 37.0 Å². The van der Waals surface area contributed by atoms with Gasteiger partial charge in [-0.2, -0.15) is 0 Å². The van der Waals surface area contributed by atoms with Crippen LogP contribution in [0.1, 0.15) is 31.4 Å². The predicted molar refractivity (Wildman–Crippen MR) is 92.2 cm³/mol. The van der Waals surface area contributed by atoms with Crippen LogP contribution >= 0.6 is 11.6 Å². The molecule has 23 heavy (non-hydrogen) atoms. The van der Waals surface area contributed by atoms with Crippen LogP contribution in [0.4, 0.5) is 0 Å². The number of allylic oxidation sites excluding steroid dienone is 1. The third-order valence-electron chi connectivity index (χ3n) is 4.36. The zero-order valence-electron chi connectivity index (χ0n) is 13.2. The summed E-state index contributed by atoms with van der Waals surface area (Å²) in [5, 5.41) is 0.674. The second kappa shape index (κ2) is 7.01. The van der Waals surface area contributed by atoms with Crippen molar-refractivity contribution in [2.45, 2.75) is 25.8 Å². The number of imidazole rings is 1. The van der Waals surface area contributed by atoms with Gasteiger partial charge in [0.2, 0.25) is 5.91 Å². The van der Waals surface area contributed by atoms with Crippen LogP contribution in [0.2, 0.25) is 5.02 Å². The lowest BCUT2D eigenvalue weighted by molar-refractivity contribution is -0.127. The highest BCUT2D eigenvalue weighted by Gasteiger charge is 2.22. The summed E-state index contributed by atoms with van der Waals surface area (Å²) in [5.41, 5.74) is 1.81. The molecule has 2 aromatic rings. The van der Waals surface area contributed by atoms with E-state index in [9.17, 15) is 4.79 Å². The van der Waals surface area contributed by atoms with Crippen molar-refractivity contribution in [1.82, 2.24) is 14.5 Å². The SMILES string of the molecule is C/C(=C/C(=O)N1CCC(n2ccnc2)CC1)c1ccccc1Cl. The van der Waals surface area contributed by atoms with Crippen molar-refractivity contribution < 1.29 is 4.79 Å². The summed E-state index contributed by atoms with van der Waals surface area (Å²) in [6, 6.07) is 8.04. The second-order valence-corrected chi connectivity index (χ2v) is 6.28. The van der Waals surface area contributed by atoms with Crippen molar-refractivity contribution in [2.75, 3.05) is 13.1 Å². The van der Waals surface area contributed by atoms with Crippen LogP contribution < -0.4 is 0 Å². The highest BCUT2D eigenvalue weighted by atomic mass is 35.5. The Morgan fingerprint density at radius 3 is 2.70 bits per heavy atom. The lowest BCUT2D eigenvalue weighted by Crippen LogP contribution is -2.38. The summed E-state index contributed by atoms with van der Waals surface area (Å²) in [7, 11) is 0. The van der Waals surface area contributed by atoms with Gasteiger partial charge in [-0.15, -0.1) is 0 Å². The van der Waals surface area contributed by atoms with E-state index in [2.05, 4.69) is 9.55 Å². The molecule has 120 valence electrons. The molecule has 4 nitrogen and oxygen atoms in total. The normalized spacial score (nSPS) is 16.6. The monoisotopic (exact) mass is 329 g/mol. The van der Waals surface area contributed by atoms with E-state index in [1.54, 1.807) is 12.3 Å². The van der Waals surface area contributed by atoms with Crippen molar-refractivity contribution >= 4 is 23.1 Å². The number of nitrogens with zero attached hydrogens (tertiary/aromatic N) is 3. The maximum Gasteiger partial charge on any atom is 0.246 e. The van der Waals surface area contributed by atoms with E-state index in [1.807, 2.05) is 48.6 Å². The third-order valence-corrected chi connectivity index (χ3v) is 4.69. The highest BCUT2D eigenvalue weighted by molar-refractivity contribution is 6.32. The van der Waals surface area contributed by atoms with Crippen LogP contribution in [-0.2, 0) is 4.79 Å². The van der Waals surface area contributed by atoms with Crippen LogP contribution in [0.15, 0.2) is 49.1 Å². The van der Waals surface area contributed by atoms with Crippen molar-refractivity contribution in [1.29, 1.82) is 0 Å². The van der Waals surface area contributed by atoms with Gasteiger partial charge in [-0.3, -0.25) is 4.79 Å². The molecule has 1 aromatic heterocycles. The Bertz CT molecular complexity index is 701. The van der Waals surface area contributed by atoms with Gasteiger partial charge >= 0.3 is 0 Å². The van der Waals surface area contributed by atoms with E-state index in [0.29, 0.717) is 11.1 Å². The fourth-order valence-electron chi connectivity index (χ4n) is 3.01. The van der Waals surface area contributed by atoms with E-state index in [4.69, 9.17) is 11.6 Å². The molecular weight excluding hydrogens is 310 g/mol. The Balaban J connectivity index is 1.63. The van der Waals surface area contributed by atoms with Gasteiger partial charge in [0, 0.05) is 42.6 Å². The number of likely N-dealkylation sites (tertiary alicyclic amines) is 1. The molecule has 2 heterocycles. The number of carbonyl (C=O) groups is 1. The zero-order valence-corrected chi connectivity index (χ0v) is 13.9. The minimum Gasteiger partial charge on any atom is -0.339 e. The van der Waals surface area contributed by atoms with Crippen molar-refractivity contribution in [3.05, 3.63) is 59.6 Å². The van der Waals surface area contributed by atoms with Gasteiger partial charge in [-0.25, -0.2) is 4.98 Å². The molecule has 1 amide bonds. The molecular formula is C18H20ClN3O. The Morgan fingerprint density at radius 2 is 2.04 bits per heavy atom. The van der Waals surface area contributed by atoms with Crippen LogP contribution in [0.25, 0.3) is 5.57 Å². The Labute approximate surface area is 141 Å². The molecule has 1 aliphatic rings. The van der Waals surface area contributed by atoms with Crippen LogP contribution in [0, 0.1) is 0 Å². The first-order chi connectivity index (χ1) is 11.1. The molecule has 0 aliphatic carbocycles. The summed E-state index contributed by atoms with van der Waals surface area (Å²) in [6.07, 6.45) is 9.25. The molecule has 1 fully saturated rings. The summed E-state index contributed by atoms with van der Waals surface area (Å²) in [6.45, 7) is 3.47. The number of piperidine rings is 1. The van der Waals surface area contributed by atoms with E-state index >= 15 is 0 Å². The molecule has 5 heteroatoms. The van der Waals surface area contributed by atoms with Crippen molar-refractivity contribution in [3.8, 4) is 0 Å². The maximum atomic E-state index is 12.5. The lowest BCUT2D eigenvalue weighted by atomic mass is 10.0. The Hall–Kier alpha value is -2.07. The van der Waals surface area contributed by atoms with E-state index in [0.717, 1.165) is 37.1 Å². The average molecular weight is 330 g/mol. The van der Waals surface area contributed by atoms with Gasteiger partial charge in [0.15, 0.2) is 0 Å². The second-order valence-electron chi connectivity index (χ2n) is 5.87. The number of rotatable bonds is 3. The number of benzene rings is 1. The van der Waals surface area contributed by atoms with Crippen LogP contribution in [0.3, 0.4) is 0 Å². The van der Waals surface area contributed by atoms with Crippen LogP contribution in [-0.4, -0.2) is 33.4 Å². The number of carbonyl (C=O) groups excluding carboxylic acids is 1. The standard InChI is InChI=1S/C18H20ClN3O/c1-14(16-4-2-3-5-17(16)19)12-18(23)21-9-6-15(7-10-21)22-11-8-20-13-22/h2-5,8,11-13,15H,6-7,9-10H2,1H3/b14-12-. The fourth-order valence-corrected chi connectivity index (χ4v) is 3.29. The zero-order chi connectivity index (χ0) is 16.2. The Kier molecular flexibility index (Phi) is 4.82. The minimum atomic E-state index is 0.0616. The first kappa shape index (κ1) is 15.8. The quantitative estimate of drug-likeness (QED) is 0.803. The average Bonchev–Trinajstić information content (AvgIpc) is 3.09. The van der Waals surface area contributed by atoms with E-state index in [-0.39, 0.29) is 5.91 Å². The molecule has 0 N–H and O–H groups in total. The molecule has 1 aliphatic heterocycles. The van der Waals surface area contributed by atoms with Gasteiger partial charge in [0.25, 0.3) is 0 Å². The Morgan fingerprint density at radius 1 is 1.30 bits per heavy atom. The lowest BCUT2D eigenvalue weighted by Gasteiger charge is -2.32. The third kappa shape index (κ3) is 3.64. The maximum absolute atomic E-state index is 12.5. The molecule has 0 bridgehead atoms. The number of hydrogen-bond acceptors (Lipinski definition) is 2. The van der Waals surface area contributed by atoms with E-state index in [1.165, 1.54) is 0 Å². The summed E-state index contributed by atoms with van der Waals surface area (Å²) >= 11 is 6.19. The smallest absolute Gasteiger partial charge is 0.246 e. The predicted octanol–water partition coefficient (Wildman–Crippen LogP) is 3.80. The molecule has 0 saturated carbocycles. The van der Waals surface area contributed by atoms with Gasteiger partial charge < -0.3 is 9.47 Å². The van der Waals surface area contributed by atoms with Gasteiger partial charge in [0.05, 0.1) is 6.33 Å². The highest BCUT2D eigenvalue weighted by Crippen LogP contribution is 2.25. The number of hydrogen-bond donors (Lipinski definition) is 0. The molecule has 0 unspecified atom stereocenters. The molecule has 1 aromatic carbocycles. The van der Waals surface area contributed by atoms with E-state index < -0.39 is 0 Å². The summed E-state index contributed by atoms with van der Waals surface area (Å²) in [4.78, 5) is 18.5. The number of halogens is 1. The molecule has 0 spiro atoms. The summed E-state index contributed by atoms with van der Waals surface area (Å²) < 4.78 is 2.13. The first-order valence-electron chi connectivity index (χ1n) is 7.84. The van der Waals surface area contributed by atoms with Crippen molar-refractivity contribution in [2.24, 2.45) is 0 Å². The van der Waals surface area contributed by atoms with Gasteiger partial charge in [-0.1, -0.05) is 29.8 Å². The molecule has 3 rings (SSSR count). The van der Waals surface area contributed by atoms with Crippen molar-refractivity contribution in [3.63, 3.8) is 0 Å². The fraction of sp³-hybridized carbons (Fsp3) is 0.333. The van der Waals surface area contributed by atoms with Crippen LogP contribution in [0.5, 0.6) is 0 Å². The largest absolute Gasteiger partial charge is 0.339 e. The summed E-state index contributed by atoms with van der Waals surface area (Å²) in [5.74, 6) is 0.0616. The van der Waals surface area contributed by atoms with Gasteiger partial charge in [0.1, 0.15) is 0 Å². The number of aromatic nitrogens is 2. The first-order valence-corrected chi connectivity index (χ1v) is 8.22. The molecule has 1 saturated heterocycles. The number of amides is 1. The molecule has 0 atom stereocenters. The topological polar surface area (TPSA) is 38.1 Å². The molecule has 0 radical (unpaired) electrons. The minimum absolute atomic E-state index is 0.0616.